The quantitative estimate of drug-likeness (QED) is 0.860. The number of aliphatic hydroxyl groups excluding tert-OH is 1. The Morgan fingerprint density at radius 2 is 2.23 bits per heavy atom. The molecule has 3 rings (SSSR count). The predicted molar refractivity (Wildman–Crippen MR) is 84.8 cm³/mol. The molecular formula is C17H23N3O2. The number of aryl methyl sites for hydroxylation is 1. The highest BCUT2D eigenvalue weighted by molar-refractivity contribution is 5.29. The lowest BCUT2D eigenvalue weighted by atomic mass is 10.00. The van der Waals surface area contributed by atoms with Crippen LogP contribution in [0.25, 0.3) is 0 Å². The Labute approximate surface area is 130 Å². The van der Waals surface area contributed by atoms with Gasteiger partial charge < -0.3 is 19.7 Å². The molecule has 2 unspecified atom stereocenters. The molecule has 0 spiro atoms. The molecule has 0 amide bonds. The van der Waals surface area contributed by atoms with Crippen molar-refractivity contribution in [2.75, 3.05) is 13.7 Å². The zero-order valence-corrected chi connectivity index (χ0v) is 12.9. The summed E-state index contributed by atoms with van der Waals surface area (Å²) in [6.45, 7) is 1.20. The Kier molecular flexibility index (Phi) is 4.75. The predicted octanol–water partition coefficient (Wildman–Crippen LogP) is 2.44. The van der Waals surface area contributed by atoms with Crippen LogP contribution in [0.3, 0.4) is 0 Å². The minimum atomic E-state index is 0.115. The van der Waals surface area contributed by atoms with Crippen LogP contribution in [-0.4, -0.2) is 28.4 Å². The summed E-state index contributed by atoms with van der Waals surface area (Å²) >= 11 is 0. The topological polar surface area (TPSA) is 59.3 Å². The van der Waals surface area contributed by atoms with Gasteiger partial charge in [-0.25, -0.2) is 4.98 Å². The third-order valence-electron chi connectivity index (χ3n) is 4.29. The van der Waals surface area contributed by atoms with Crippen molar-refractivity contribution in [3.63, 3.8) is 0 Å². The van der Waals surface area contributed by atoms with E-state index in [9.17, 15) is 5.11 Å². The lowest BCUT2D eigenvalue weighted by Crippen LogP contribution is -2.31. The number of ether oxygens (including phenoxy) is 1. The number of benzene rings is 1. The van der Waals surface area contributed by atoms with E-state index in [2.05, 4.69) is 27.0 Å². The van der Waals surface area contributed by atoms with Crippen LogP contribution in [0.4, 0.5) is 0 Å². The monoisotopic (exact) mass is 301 g/mol. The molecule has 2 N–H and O–H groups in total. The van der Waals surface area contributed by atoms with Gasteiger partial charge in [0.1, 0.15) is 11.6 Å². The van der Waals surface area contributed by atoms with E-state index in [1.54, 1.807) is 7.11 Å². The van der Waals surface area contributed by atoms with Gasteiger partial charge in [-0.05, 0) is 37.0 Å². The highest BCUT2D eigenvalue weighted by Crippen LogP contribution is 2.28. The SMILES string of the molecule is COc1ccc(C(CCO)NC2CCCn3ccnc32)cc1. The van der Waals surface area contributed by atoms with E-state index in [0.29, 0.717) is 6.42 Å². The van der Waals surface area contributed by atoms with Gasteiger partial charge in [0.05, 0.1) is 13.2 Å². The molecule has 2 heterocycles. The third-order valence-corrected chi connectivity index (χ3v) is 4.29. The maximum absolute atomic E-state index is 9.40. The molecule has 0 bridgehead atoms. The normalized spacial score (nSPS) is 18.7. The van der Waals surface area contributed by atoms with Gasteiger partial charge in [-0.3, -0.25) is 0 Å². The molecule has 0 aliphatic carbocycles. The van der Waals surface area contributed by atoms with Crippen LogP contribution in [0.15, 0.2) is 36.7 Å². The summed E-state index contributed by atoms with van der Waals surface area (Å²) < 4.78 is 7.43. The number of nitrogens with zero attached hydrogens (tertiary/aromatic N) is 2. The van der Waals surface area contributed by atoms with Crippen molar-refractivity contribution in [3.8, 4) is 5.75 Å². The van der Waals surface area contributed by atoms with Crippen molar-refractivity contribution in [2.24, 2.45) is 0 Å². The second-order valence-corrected chi connectivity index (χ2v) is 5.68. The number of rotatable bonds is 6. The van der Waals surface area contributed by atoms with Gasteiger partial charge in [0, 0.05) is 31.6 Å². The van der Waals surface area contributed by atoms with Gasteiger partial charge in [-0.1, -0.05) is 12.1 Å². The molecule has 2 aromatic rings. The number of aliphatic hydroxyl groups is 1. The lowest BCUT2D eigenvalue weighted by molar-refractivity contribution is 0.250. The van der Waals surface area contributed by atoms with Gasteiger partial charge in [-0.15, -0.1) is 0 Å². The van der Waals surface area contributed by atoms with Gasteiger partial charge in [0.15, 0.2) is 0 Å². The van der Waals surface area contributed by atoms with Crippen molar-refractivity contribution in [1.29, 1.82) is 0 Å². The summed E-state index contributed by atoms with van der Waals surface area (Å²) in [5.41, 5.74) is 1.17. The molecule has 2 atom stereocenters. The van der Waals surface area contributed by atoms with Crippen molar-refractivity contribution >= 4 is 0 Å². The highest BCUT2D eigenvalue weighted by atomic mass is 16.5. The summed E-state index contributed by atoms with van der Waals surface area (Å²) in [5.74, 6) is 1.95. The molecule has 1 aliphatic heterocycles. The molecule has 0 fully saturated rings. The van der Waals surface area contributed by atoms with Crippen LogP contribution >= 0.6 is 0 Å². The molecule has 1 aromatic heterocycles. The highest BCUT2D eigenvalue weighted by Gasteiger charge is 2.24. The number of hydrogen-bond donors (Lipinski definition) is 2. The van der Waals surface area contributed by atoms with Crippen LogP contribution in [0.5, 0.6) is 5.75 Å². The Balaban J connectivity index is 1.77. The van der Waals surface area contributed by atoms with E-state index in [0.717, 1.165) is 31.0 Å². The molecule has 118 valence electrons. The Morgan fingerprint density at radius 1 is 1.41 bits per heavy atom. The van der Waals surface area contributed by atoms with Crippen LogP contribution in [0.2, 0.25) is 0 Å². The molecule has 22 heavy (non-hydrogen) atoms. The van der Waals surface area contributed by atoms with Crippen molar-refractivity contribution in [1.82, 2.24) is 14.9 Å². The average molecular weight is 301 g/mol. The van der Waals surface area contributed by atoms with Crippen LogP contribution in [-0.2, 0) is 6.54 Å². The minimum absolute atomic E-state index is 0.115. The first-order valence-corrected chi connectivity index (χ1v) is 7.83. The van der Waals surface area contributed by atoms with Crippen molar-refractivity contribution < 1.29 is 9.84 Å². The standard InChI is InChI=1S/C17H23N3O2/c1-22-14-6-4-13(5-7-14)15(8-12-21)19-16-3-2-10-20-11-9-18-17(16)20/h4-7,9,11,15-16,19,21H,2-3,8,10,12H2,1H3. The lowest BCUT2D eigenvalue weighted by Gasteiger charge is -2.29. The molecule has 0 radical (unpaired) electrons. The molecule has 0 saturated heterocycles. The maximum atomic E-state index is 9.40. The molecule has 5 heteroatoms. The largest absolute Gasteiger partial charge is 0.497 e. The van der Waals surface area contributed by atoms with E-state index in [4.69, 9.17) is 4.74 Å². The van der Waals surface area contributed by atoms with Gasteiger partial charge >= 0.3 is 0 Å². The van der Waals surface area contributed by atoms with Crippen LogP contribution in [0.1, 0.15) is 42.7 Å². The van der Waals surface area contributed by atoms with Crippen molar-refractivity contribution in [2.45, 2.75) is 37.9 Å². The Bertz CT molecular complexity index is 594. The van der Waals surface area contributed by atoms with Gasteiger partial charge in [0.2, 0.25) is 0 Å². The second-order valence-electron chi connectivity index (χ2n) is 5.68. The minimum Gasteiger partial charge on any atom is -0.497 e. The van der Waals surface area contributed by atoms with Crippen LogP contribution < -0.4 is 10.1 Å². The Morgan fingerprint density at radius 3 is 2.95 bits per heavy atom. The number of nitrogens with one attached hydrogen (secondary N) is 1. The Hall–Kier alpha value is -1.85. The zero-order chi connectivity index (χ0) is 15.4. The number of fused-ring (bicyclic) bond motifs is 1. The molecule has 0 saturated carbocycles. The molecular weight excluding hydrogens is 278 g/mol. The summed E-state index contributed by atoms with van der Waals surface area (Å²) in [7, 11) is 1.67. The number of hydrogen-bond acceptors (Lipinski definition) is 4. The summed E-state index contributed by atoms with van der Waals surface area (Å²) in [4.78, 5) is 4.49. The summed E-state index contributed by atoms with van der Waals surface area (Å²) in [6.07, 6.45) is 6.81. The maximum Gasteiger partial charge on any atom is 0.125 e. The van der Waals surface area contributed by atoms with E-state index in [-0.39, 0.29) is 18.7 Å². The number of methoxy groups -OCH3 is 1. The first-order chi connectivity index (χ1) is 10.8. The third kappa shape index (κ3) is 3.15. The van der Waals surface area contributed by atoms with E-state index >= 15 is 0 Å². The number of aromatic nitrogens is 2. The van der Waals surface area contributed by atoms with Gasteiger partial charge in [0.25, 0.3) is 0 Å². The first-order valence-electron chi connectivity index (χ1n) is 7.83. The van der Waals surface area contributed by atoms with Crippen LogP contribution in [0, 0.1) is 0 Å². The molecule has 1 aliphatic rings. The molecule has 5 nitrogen and oxygen atoms in total. The average Bonchev–Trinajstić information content (AvgIpc) is 3.04. The van der Waals surface area contributed by atoms with E-state index in [1.165, 1.54) is 5.56 Å². The summed E-state index contributed by atoms with van der Waals surface area (Å²) in [5, 5.41) is 13.1. The smallest absolute Gasteiger partial charge is 0.125 e. The van der Waals surface area contributed by atoms with Crippen molar-refractivity contribution in [3.05, 3.63) is 48.0 Å². The fraction of sp³-hybridized carbons (Fsp3) is 0.471. The molecule has 1 aromatic carbocycles. The zero-order valence-electron chi connectivity index (χ0n) is 12.9. The fourth-order valence-electron chi connectivity index (χ4n) is 3.13. The van der Waals surface area contributed by atoms with E-state index < -0.39 is 0 Å². The van der Waals surface area contributed by atoms with Gasteiger partial charge in [-0.2, -0.15) is 0 Å². The second kappa shape index (κ2) is 6.94. The fourth-order valence-corrected chi connectivity index (χ4v) is 3.13. The summed E-state index contributed by atoms with van der Waals surface area (Å²) in [6, 6.07) is 8.39. The number of imidazole rings is 1. The van der Waals surface area contributed by atoms with E-state index in [1.807, 2.05) is 24.5 Å². The first kappa shape index (κ1) is 15.1.